The van der Waals surface area contributed by atoms with Gasteiger partial charge in [0.05, 0.1) is 12.1 Å². The second-order valence-corrected chi connectivity index (χ2v) is 6.74. The van der Waals surface area contributed by atoms with Gasteiger partial charge in [-0.25, -0.2) is 0 Å². The third kappa shape index (κ3) is 3.66. The highest BCUT2D eigenvalue weighted by Gasteiger charge is 2.34. The predicted octanol–water partition coefficient (Wildman–Crippen LogP) is 3.39. The molecule has 1 saturated heterocycles. The first kappa shape index (κ1) is 17.4. The molecule has 0 unspecified atom stereocenters. The van der Waals surface area contributed by atoms with Crippen LogP contribution in [0.25, 0.3) is 0 Å². The summed E-state index contributed by atoms with van der Waals surface area (Å²) in [4.78, 5) is 26.5. The van der Waals surface area contributed by atoms with Gasteiger partial charge < -0.3 is 9.88 Å². The number of likely N-dealkylation sites (tertiary alicyclic amines) is 1. The van der Waals surface area contributed by atoms with Crippen molar-refractivity contribution in [3.05, 3.63) is 53.9 Å². The third-order valence-corrected chi connectivity index (χ3v) is 5.03. The van der Waals surface area contributed by atoms with E-state index in [9.17, 15) is 9.59 Å². The Kier molecular flexibility index (Phi) is 5.04. The van der Waals surface area contributed by atoms with Crippen molar-refractivity contribution in [3.8, 4) is 0 Å². The number of benzene rings is 1. The van der Waals surface area contributed by atoms with Gasteiger partial charge in [-0.2, -0.15) is 0 Å². The molecule has 0 saturated carbocycles. The molecule has 0 bridgehead atoms. The summed E-state index contributed by atoms with van der Waals surface area (Å²) in [7, 11) is 2.05. The van der Waals surface area contributed by atoms with Gasteiger partial charge in [-0.05, 0) is 57.5 Å². The van der Waals surface area contributed by atoms with E-state index in [4.69, 9.17) is 0 Å². The summed E-state index contributed by atoms with van der Waals surface area (Å²) in [5.74, 6) is -0.0470. The SMILES string of the molecule is CC(=O)c1cccc(NC(=O)[C@@H](C)N2CCC[C@@H]2c2cccn2C)c1. The quantitative estimate of drug-likeness (QED) is 0.850. The van der Waals surface area contributed by atoms with Gasteiger partial charge in [0.1, 0.15) is 0 Å². The fourth-order valence-corrected chi connectivity index (χ4v) is 3.60. The topological polar surface area (TPSA) is 54.3 Å². The maximum atomic E-state index is 12.7. The molecule has 1 aromatic heterocycles. The van der Waals surface area contributed by atoms with Gasteiger partial charge in [0.2, 0.25) is 5.91 Å². The van der Waals surface area contributed by atoms with Crippen LogP contribution in [0.5, 0.6) is 0 Å². The van der Waals surface area contributed by atoms with Crippen molar-refractivity contribution in [2.45, 2.75) is 38.8 Å². The lowest BCUT2D eigenvalue weighted by atomic mass is 10.1. The normalized spacial score (nSPS) is 18.9. The molecule has 0 spiro atoms. The molecule has 0 aliphatic carbocycles. The van der Waals surface area contributed by atoms with E-state index in [0.29, 0.717) is 11.3 Å². The van der Waals surface area contributed by atoms with E-state index >= 15 is 0 Å². The van der Waals surface area contributed by atoms with Crippen LogP contribution in [0.3, 0.4) is 0 Å². The molecule has 1 fully saturated rings. The second-order valence-electron chi connectivity index (χ2n) is 6.74. The molecule has 25 heavy (non-hydrogen) atoms. The minimum atomic E-state index is -0.233. The lowest BCUT2D eigenvalue weighted by molar-refractivity contribution is -0.121. The minimum Gasteiger partial charge on any atom is -0.353 e. The number of carbonyl (C=O) groups is 2. The number of nitrogens with one attached hydrogen (secondary N) is 1. The molecule has 2 aromatic rings. The Bertz CT molecular complexity index is 781. The lowest BCUT2D eigenvalue weighted by Gasteiger charge is -2.30. The molecule has 5 heteroatoms. The van der Waals surface area contributed by atoms with Crippen molar-refractivity contribution < 1.29 is 9.59 Å². The van der Waals surface area contributed by atoms with Crippen LogP contribution in [-0.2, 0) is 11.8 Å². The molecule has 2 atom stereocenters. The molecule has 2 heterocycles. The first-order valence-electron chi connectivity index (χ1n) is 8.76. The van der Waals surface area contributed by atoms with Gasteiger partial charge in [0, 0.05) is 30.2 Å². The van der Waals surface area contributed by atoms with E-state index in [-0.39, 0.29) is 23.8 Å². The summed E-state index contributed by atoms with van der Waals surface area (Å²) in [5.41, 5.74) is 2.52. The van der Waals surface area contributed by atoms with E-state index < -0.39 is 0 Å². The van der Waals surface area contributed by atoms with Gasteiger partial charge in [0.15, 0.2) is 5.78 Å². The molecular weight excluding hydrogens is 314 g/mol. The molecular formula is C20H25N3O2. The molecule has 3 rings (SSSR count). The molecule has 1 aliphatic heterocycles. The number of hydrogen-bond acceptors (Lipinski definition) is 3. The monoisotopic (exact) mass is 339 g/mol. The van der Waals surface area contributed by atoms with Crippen molar-refractivity contribution in [2.75, 3.05) is 11.9 Å². The average molecular weight is 339 g/mol. The molecule has 1 aromatic carbocycles. The van der Waals surface area contributed by atoms with Gasteiger partial charge in [-0.15, -0.1) is 0 Å². The Morgan fingerprint density at radius 3 is 2.72 bits per heavy atom. The smallest absolute Gasteiger partial charge is 0.241 e. The number of carbonyl (C=O) groups excluding carboxylic acids is 2. The minimum absolute atomic E-state index is 0.00698. The second kappa shape index (κ2) is 7.23. The van der Waals surface area contributed by atoms with Crippen molar-refractivity contribution >= 4 is 17.4 Å². The summed E-state index contributed by atoms with van der Waals surface area (Å²) < 4.78 is 2.13. The highest BCUT2D eigenvalue weighted by atomic mass is 16.2. The molecule has 132 valence electrons. The first-order chi connectivity index (χ1) is 12.0. The fourth-order valence-electron chi connectivity index (χ4n) is 3.60. The fraction of sp³-hybridized carbons (Fsp3) is 0.400. The van der Waals surface area contributed by atoms with Crippen LogP contribution in [0.4, 0.5) is 5.69 Å². The highest BCUT2D eigenvalue weighted by Crippen LogP contribution is 2.33. The predicted molar refractivity (Wildman–Crippen MR) is 98.6 cm³/mol. The van der Waals surface area contributed by atoms with Gasteiger partial charge in [-0.3, -0.25) is 14.5 Å². The first-order valence-corrected chi connectivity index (χ1v) is 8.76. The summed E-state index contributed by atoms with van der Waals surface area (Å²) in [6, 6.07) is 11.3. The largest absolute Gasteiger partial charge is 0.353 e. The summed E-state index contributed by atoms with van der Waals surface area (Å²) in [6.07, 6.45) is 4.20. The van der Waals surface area contributed by atoms with Crippen molar-refractivity contribution in [2.24, 2.45) is 7.05 Å². The number of amides is 1. The molecule has 1 amide bonds. The molecule has 1 N–H and O–H groups in total. The van der Waals surface area contributed by atoms with E-state index in [1.54, 1.807) is 18.2 Å². The van der Waals surface area contributed by atoms with Crippen LogP contribution in [0.1, 0.15) is 48.8 Å². The van der Waals surface area contributed by atoms with Crippen LogP contribution >= 0.6 is 0 Å². The zero-order valence-electron chi connectivity index (χ0n) is 15.0. The van der Waals surface area contributed by atoms with Crippen molar-refractivity contribution in [3.63, 3.8) is 0 Å². The van der Waals surface area contributed by atoms with Crippen LogP contribution in [-0.4, -0.2) is 33.7 Å². The molecule has 0 radical (unpaired) electrons. The standard InChI is InChI=1S/C20H25N3O2/c1-14(20(25)21-17-8-4-7-16(13-17)15(2)24)23-12-6-10-19(23)18-9-5-11-22(18)3/h4-5,7-9,11,13-14,19H,6,10,12H2,1-3H3,(H,21,25)/t14-,19-/m1/s1. The van der Waals surface area contributed by atoms with E-state index in [0.717, 1.165) is 19.4 Å². The number of hydrogen-bond donors (Lipinski definition) is 1. The Balaban J connectivity index is 1.72. The van der Waals surface area contributed by atoms with Gasteiger partial charge in [0.25, 0.3) is 0 Å². The van der Waals surface area contributed by atoms with E-state index in [1.807, 2.05) is 32.3 Å². The third-order valence-electron chi connectivity index (χ3n) is 5.03. The van der Waals surface area contributed by atoms with Crippen molar-refractivity contribution in [1.29, 1.82) is 0 Å². The Hall–Kier alpha value is -2.40. The number of aromatic nitrogens is 1. The van der Waals surface area contributed by atoms with Crippen LogP contribution < -0.4 is 5.32 Å². The lowest BCUT2D eigenvalue weighted by Crippen LogP contribution is -2.42. The number of anilines is 1. The number of rotatable bonds is 5. The van der Waals surface area contributed by atoms with E-state index in [2.05, 4.69) is 20.9 Å². The average Bonchev–Trinajstić information content (AvgIpc) is 3.22. The van der Waals surface area contributed by atoms with Crippen LogP contribution in [0.2, 0.25) is 0 Å². The van der Waals surface area contributed by atoms with Crippen LogP contribution in [0, 0.1) is 0 Å². The molecule has 1 aliphatic rings. The zero-order chi connectivity index (χ0) is 18.0. The maximum absolute atomic E-state index is 12.7. The number of ketones is 1. The van der Waals surface area contributed by atoms with Crippen molar-refractivity contribution in [1.82, 2.24) is 9.47 Å². The Labute approximate surface area is 148 Å². The summed E-state index contributed by atoms with van der Waals surface area (Å²) >= 11 is 0. The number of nitrogens with zero attached hydrogens (tertiary/aromatic N) is 2. The zero-order valence-corrected chi connectivity index (χ0v) is 15.0. The Morgan fingerprint density at radius 2 is 2.04 bits per heavy atom. The van der Waals surface area contributed by atoms with E-state index in [1.165, 1.54) is 12.6 Å². The summed E-state index contributed by atoms with van der Waals surface area (Å²) in [5, 5.41) is 2.95. The number of aryl methyl sites for hydroxylation is 1. The van der Waals surface area contributed by atoms with Gasteiger partial charge >= 0.3 is 0 Å². The summed E-state index contributed by atoms with van der Waals surface area (Å²) in [6.45, 7) is 4.39. The van der Waals surface area contributed by atoms with Gasteiger partial charge in [-0.1, -0.05) is 12.1 Å². The highest BCUT2D eigenvalue weighted by molar-refractivity contribution is 5.98. The Morgan fingerprint density at radius 1 is 1.24 bits per heavy atom. The number of Topliss-reactive ketones (excluding diaryl/α,β-unsaturated/α-hetero) is 1. The molecule has 5 nitrogen and oxygen atoms in total. The van der Waals surface area contributed by atoms with Crippen LogP contribution in [0.15, 0.2) is 42.6 Å². The maximum Gasteiger partial charge on any atom is 0.241 e.